The number of carbonyl (C=O) groups is 1. The van der Waals surface area contributed by atoms with Gasteiger partial charge in [0.15, 0.2) is 0 Å². The number of benzene rings is 2. The average molecular weight is 468 g/mol. The maximum Gasteiger partial charge on any atom is 0.241 e. The third kappa shape index (κ3) is 6.66. The van der Waals surface area contributed by atoms with Crippen molar-refractivity contribution < 1.29 is 17.6 Å². The summed E-state index contributed by atoms with van der Waals surface area (Å²) in [6.45, 7) is 2.85. The molecule has 1 aliphatic rings. The molecular formula is C22H27ClFN3O3S. The molecule has 1 saturated heterocycles. The predicted molar refractivity (Wildman–Crippen MR) is 121 cm³/mol. The van der Waals surface area contributed by atoms with Gasteiger partial charge in [0.25, 0.3) is 0 Å². The molecule has 0 radical (unpaired) electrons. The minimum absolute atomic E-state index is 0.134. The van der Waals surface area contributed by atoms with Gasteiger partial charge in [0.05, 0.1) is 17.0 Å². The third-order valence-corrected chi connectivity index (χ3v) is 6.75. The van der Waals surface area contributed by atoms with E-state index in [1.165, 1.54) is 31.4 Å². The first kappa shape index (κ1) is 23.5. The number of nitrogens with zero attached hydrogens (tertiary/aromatic N) is 2. The Morgan fingerprint density at radius 3 is 2.45 bits per heavy atom. The molecule has 0 bridgehead atoms. The van der Waals surface area contributed by atoms with Crippen LogP contribution < -0.4 is 9.62 Å². The Morgan fingerprint density at radius 2 is 1.81 bits per heavy atom. The molecule has 1 N–H and O–H groups in total. The van der Waals surface area contributed by atoms with Crippen molar-refractivity contribution in [3.63, 3.8) is 0 Å². The Kier molecular flexibility index (Phi) is 7.91. The van der Waals surface area contributed by atoms with Crippen LogP contribution in [0.15, 0.2) is 42.5 Å². The van der Waals surface area contributed by atoms with Crippen LogP contribution in [0.4, 0.5) is 10.1 Å². The Labute approximate surface area is 188 Å². The normalized spacial score (nSPS) is 14.9. The number of sulfonamides is 1. The fraction of sp³-hybridized carbons (Fsp3) is 0.409. The highest BCUT2D eigenvalue weighted by Gasteiger charge is 2.22. The van der Waals surface area contributed by atoms with Gasteiger partial charge in [-0.15, -0.1) is 0 Å². The van der Waals surface area contributed by atoms with E-state index in [9.17, 15) is 17.6 Å². The smallest absolute Gasteiger partial charge is 0.241 e. The molecular weight excluding hydrogens is 441 g/mol. The van der Waals surface area contributed by atoms with Gasteiger partial charge in [-0.25, -0.2) is 12.8 Å². The first-order chi connectivity index (χ1) is 14.7. The summed E-state index contributed by atoms with van der Waals surface area (Å²) in [5, 5.41) is 2.59. The van der Waals surface area contributed by atoms with Crippen LogP contribution in [0.25, 0.3) is 0 Å². The maximum absolute atomic E-state index is 13.5. The van der Waals surface area contributed by atoms with E-state index in [-0.39, 0.29) is 10.7 Å². The van der Waals surface area contributed by atoms with Crippen molar-refractivity contribution in [3.05, 3.63) is 64.4 Å². The van der Waals surface area contributed by atoms with Crippen LogP contribution in [-0.2, 0) is 27.9 Å². The Bertz CT molecular complexity index is 1030. The van der Waals surface area contributed by atoms with Gasteiger partial charge < -0.3 is 5.32 Å². The van der Waals surface area contributed by atoms with Crippen molar-refractivity contribution in [2.45, 2.75) is 32.4 Å². The van der Waals surface area contributed by atoms with Gasteiger partial charge in [-0.2, -0.15) is 0 Å². The van der Waals surface area contributed by atoms with Gasteiger partial charge in [-0.3, -0.25) is 14.0 Å². The summed E-state index contributed by atoms with van der Waals surface area (Å²) in [6, 6.07) is 11.5. The van der Waals surface area contributed by atoms with Gasteiger partial charge in [0, 0.05) is 13.1 Å². The van der Waals surface area contributed by atoms with Crippen LogP contribution in [0, 0.1) is 5.82 Å². The van der Waals surface area contributed by atoms with Crippen molar-refractivity contribution in [1.29, 1.82) is 0 Å². The van der Waals surface area contributed by atoms with Crippen molar-refractivity contribution in [3.8, 4) is 0 Å². The standard InChI is InChI=1S/C22H27ClFN3O3S/c1-31(29,30)27(19-9-10-21(24)20(23)13-19)16-22(28)25-14-17-7-3-4-8-18(17)15-26-11-5-2-6-12-26/h3-4,7-10,13H,2,5-6,11-12,14-16H2,1H3,(H,25,28). The fourth-order valence-electron chi connectivity index (χ4n) is 3.66. The van der Waals surface area contributed by atoms with E-state index in [1.807, 2.05) is 18.2 Å². The highest BCUT2D eigenvalue weighted by Crippen LogP contribution is 2.24. The van der Waals surface area contributed by atoms with E-state index in [2.05, 4.69) is 16.3 Å². The number of piperidine rings is 1. The predicted octanol–water partition coefficient (Wildman–Crippen LogP) is 3.55. The summed E-state index contributed by atoms with van der Waals surface area (Å²) < 4.78 is 38.8. The summed E-state index contributed by atoms with van der Waals surface area (Å²) in [5.41, 5.74) is 2.28. The largest absolute Gasteiger partial charge is 0.350 e. The van der Waals surface area contributed by atoms with Gasteiger partial charge in [-0.1, -0.05) is 42.3 Å². The molecule has 1 heterocycles. The summed E-state index contributed by atoms with van der Waals surface area (Å²) in [4.78, 5) is 15.0. The molecule has 0 aliphatic carbocycles. The van der Waals surface area contributed by atoms with E-state index in [0.717, 1.165) is 47.4 Å². The van der Waals surface area contributed by atoms with Crippen LogP contribution in [0.2, 0.25) is 5.02 Å². The Morgan fingerprint density at radius 1 is 1.13 bits per heavy atom. The highest BCUT2D eigenvalue weighted by molar-refractivity contribution is 7.92. The van der Waals surface area contributed by atoms with Crippen molar-refractivity contribution >= 4 is 33.2 Å². The minimum Gasteiger partial charge on any atom is -0.350 e. The molecule has 2 aromatic carbocycles. The van der Waals surface area contributed by atoms with E-state index in [4.69, 9.17) is 11.6 Å². The average Bonchev–Trinajstić information content (AvgIpc) is 2.73. The zero-order chi connectivity index (χ0) is 22.4. The first-order valence-electron chi connectivity index (χ1n) is 10.2. The van der Waals surface area contributed by atoms with Crippen LogP contribution in [-0.4, -0.2) is 45.1 Å². The lowest BCUT2D eigenvalue weighted by Crippen LogP contribution is -2.40. The molecule has 0 unspecified atom stereocenters. The number of hydrogen-bond donors (Lipinski definition) is 1. The second-order valence-electron chi connectivity index (χ2n) is 7.75. The Hall–Kier alpha value is -2.16. The third-order valence-electron chi connectivity index (χ3n) is 5.32. The topological polar surface area (TPSA) is 69.7 Å². The lowest BCUT2D eigenvalue weighted by molar-refractivity contribution is -0.119. The molecule has 0 spiro atoms. The highest BCUT2D eigenvalue weighted by atomic mass is 35.5. The van der Waals surface area contributed by atoms with Crippen LogP contribution in [0.5, 0.6) is 0 Å². The van der Waals surface area contributed by atoms with Crippen LogP contribution >= 0.6 is 11.6 Å². The molecule has 168 valence electrons. The first-order valence-corrected chi connectivity index (χ1v) is 12.5. The molecule has 1 aliphatic heterocycles. The number of halogens is 2. The van der Waals surface area contributed by atoms with Gasteiger partial charge in [0.2, 0.25) is 15.9 Å². The lowest BCUT2D eigenvalue weighted by atomic mass is 10.0. The second-order valence-corrected chi connectivity index (χ2v) is 10.1. The van der Waals surface area contributed by atoms with Crippen molar-refractivity contribution in [2.75, 3.05) is 30.2 Å². The van der Waals surface area contributed by atoms with E-state index >= 15 is 0 Å². The minimum atomic E-state index is -3.77. The molecule has 1 fully saturated rings. The van der Waals surface area contributed by atoms with E-state index < -0.39 is 28.3 Å². The van der Waals surface area contributed by atoms with E-state index in [1.54, 1.807) is 0 Å². The van der Waals surface area contributed by atoms with Crippen molar-refractivity contribution in [2.24, 2.45) is 0 Å². The summed E-state index contributed by atoms with van der Waals surface area (Å²) in [6.07, 6.45) is 4.66. The van der Waals surface area contributed by atoms with Gasteiger partial charge in [-0.05, 0) is 55.3 Å². The van der Waals surface area contributed by atoms with Gasteiger partial charge in [0.1, 0.15) is 12.4 Å². The number of likely N-dealkylation sites (tertiary alicyclic amines) is 1. The molecule has 0 aromatic heterocycles. The molecule has 1 amide bonds. The number of rotatable bonds is 8. The molecule has 3 rings (SSSR count). The fourth-order valence-corrected chi connectivity index (χ4v) is 4.69. The number of amides is 1. The number of anilines is 1. The molecule has 0 saturated carbocycles. The molecule has 31 heavy (non-hydrogen) atoms. The van der Waals surface area contributed by atoms with Crippen molar-refractivity contribution in [1.82, 2.24) is 10.2 Å². The summed E-state index contributed by atoms with van der Waals surface area (Å²) >= 11 is 5.78. The zero-order valence-corrected chi connectivity index (χ0v) is 19.1. The quantitative estimate of drug-likeness (QED) is 0.644. The molecule has 6 nitrogen and oxygen atoms in total. The number of hydrogen-bond acceptors (Lipinski definition) is 4. The number of carbonyl (C=O) groups excluding carboxylic acids is 1. The molecule has 9 heteroatoms. The van der Waals surface area contributed by atoms with Crippen LogP contribution in [0.1, 0.15) is 30.4 Å². The van der Waals surface area contributed by atoms with E-state index in [0.29, 0.717) is 6.54 Å². The summed E-state index contributed by atoms with van der Waals surface area (Å²) in [5.74, 6) is -1.12. The van der Waals surface area contributed by atoms with Crippen LogP contribution in [0.3, 0.4) is 0 Å². The molecule has 0 atom stereocenters. The SMILES string of the molecule is CS(=O)(=O)N(CC(=O)NCc1ccccc1CN1CCCCC1)c1ccc(F)c(Cl)c1. The summed E-state index contributed by atoms with van der Waals surface area (Å²) in [7, 11) is -3.77. The Balaban J connectivity index is 1.66. The zero-order valence-electron chi connectivity index (χ0n) is 17.5. The lowest BCUT2D eigenvalue weighted by Gasteiger charge is -2.27. The molecule has 2 aromatic rings. The second kappa shape index (κ2) is 10.4. The monoisotopic (exact) mass is 467 g/mol. The number of nitrogens with one attached hydrogen (secondary N) is 1. The maximum atomic E-state index is 13.5. The van der Waals surface area contributed by atoms with Gasteiger partial charge >= 0.3 is 0 Å².